The average Bonchev–Trinajstić information content (AvgIpc) is 1.99. The Labute approximate surface area is 85.0 Å². The number of rotatable bonds is 3. The topological polar surface area (TPSA) is 58.6 Å². The molecule has 2 atom stereocenters. The summed E-state index contributed by atoms with van der Waals surface area (Å²) in [5, 5.41) is 11.8. The van der Waals surface area contributed by atoms with Crippen molar-refractivity contribution in [2.24, 2.45) is 0 Å². The summed E-state index contributed by atoms with van der Waals surface area (Å²) in [6.07, 6.45) is 0.0654. The number of ether oxygens (including phenoxy) is 1. The maximum Gasteiger partial charge on any atom is 0.407 e. The third-order valence-corrected chi connectivity index (χ3v) is 1.50. The highest BCUT2D eigenvalue weighted by Gasteiger charge is 2.19. The van der Waals surface area contributed by atoms with Gasteiger partial charge in [-0.15, -0.1) is 6.58 Å². The van der Waals surface area contributed by atoms with E-state index in [1.54, 1.807) is 27.7 Å². The first-order valence-electron chi connectivity index (χ1n) is 4.56. The number of amides is 1. The average molecular weight is 201 g/mol. The lowest BCUT2D eigenvalue weighted by Crippen LogP contribution is -2.42. The van der Waals surface area contributed by atoms with Gasteiger partial charge in [0.05, 0.1) is 12.1 Å². The molecule has 0 aliphatic heterocycles. The van der Waals surface area contributed by atoms with Crippen LogP contribution < -0.4 is 5.32 Å². The molecule has 14 heavy (non-hydrogen) atoms. The maximum absolute atomic E-state index is 11.2. The van der Waals surface area contributed by atoms with Crippen LogP contribution in [0.1, 0.15) is 27.7 Å². The van der Waals surface area contributed by atoms with E-state index in [0.717, 1.165) is 0 Å². The van der Waals surface area contributed by atoms with Crippen molar-refractivity contribution in [2.75, 3.05) is 0 Å². The Balaban J connectivity index is 4.01. The Hall–Kier alpha value is -1.03. The number of hydrogen-bond acceptors (Lipinski definition) is 3. The number of aliphatic hydroxyl groups is 1. The summed E-state index contributed by atoms with van der Waals surface area (Å²) < 4.78 is 5.01. The van der Waals surface area contributed by atoms with Crippen LogP contribution in [0.2, 0.25) is 0 Å². The predicted molar refractivity (Wildman–Crippen MR) is 55.0 cm³/mol. The first kappa shape index (κ1) is 13.0. The molecule has 4 nitrogen and oxygen atoms in total. The lowest BCUT2D eigenvalue weighted by molar-refractivity contribution is 0.0465. The third-order valence-electron chi connectivity index (χ3n) is 1.50. The van der Waals surface area contributed by atoms with Crippen LogP contribution in [0.5, 0.6) is 0 Å². The summed E-state index contributed by atoms with van der Waals surface area (Å²) in [5.74, 6) is 0. The van der Waals surface area contributed by atoms with E-state index in [4.69, 9.17) is 4.74 Å². The quantitative estimate of drug-likeness (QED) is 0.679. The smallest absolute Gasteiger partial charge is 0.407 e. The van der Waals surface area contributed by atoms with Crippen molar-refractivity contribution in [3.8, 4) is 0 Å². The molecule has 4 heteroatoms. The zero-order valence-corrected chi connectivity index (χ0v) is 9.20. The minimum atomic E-state index is -0.762. The van der Waals surface area contributed by atoms with Gasteiger partial charge in [-0.25, -0.2) is 4.79 Å². The molecule has 0 aromatic rings. The predicted octanol–water partition coefficient (Wildman–Crippen LogP) is 1.45. The number of hydrogen-bond donors (Lipinski definition) is 2. The Morgan fingerprint density at radius 2 is 2.07 bits per heavy atom. The van der Waals surface area contributed by atoms with Gasteiger partial charge in [0.25, 0.3) is 0 Å². The standard InChI is InChI=1S/C10H19NO3/c1-6-8(12)7(2)11-9(13)14-10(3,4)5/h6-8,12H,1H2,2-5H3,(H,11,13). The second-order valence-corrected chi connectivity index (χ2v) is 4.16. The van der Waals surface area contributed by atoms with Crippen LogP contribution in [0.4, 0.5) is 4.79 Å². The van der Waals surface area contributed by atoms with Crippen molar-refractivity contribution in [1.82, 2.24) is 5.32 Å². The second kappa shape index (κ2) is 5.00. The van der Waals surface area contributed by atoms with Crippen molar-refractivity contribution in [3.05, 3.63) is 12.7 Å². The molecule has 0 aliphatic carbocycles. The molecule has 0 rings (SSSR count). The molecule has 0 fully saturated rings. The molecule has 2 N–H and O–H groups in total. The van der Waals surface area contributed by atoms with Gasteiger partial charge in [-0.2, -0.15) is 0 Å². The number of nitrogens with one attached hydrogen (secondary N) is 1. The fourth-order valence-electron chi connectivity index (χ4n) is 0.783. The van der Waals surface area contributed by atoms with Crippen molar-refractivity contribution in [1.29, 1.82) is 0 Å². The van der Waals surface area contributed by atoms with Gasteiger partial charge in [-0.3, -0.25) is 0 Å². The Kier molecular flexibility index (Phi) is 4.63. The monoisotopic (exact) mass is 201 g/mol. The highest BCUT2D eigenvalue weighted by molar-refractivity contribution is 5.68. The third kappa shape index (κ3) is 5.59. The molecule has 0 aromatic heterocycles. The van der Waals surface area contributed by atoms with Crippen molar-refractivity contribution >= 4 is 6.09 Å². The fraction of sp³-hybridized carbons (Fsp3) is 0.700. The van der Waals surface area contributed by atoms with Crippen molar-refractivity contribution in [2.45, 2.75) is 45.4 Å². The van der Waals surface area contributed by atoms with Gasteiger partial charge in [0.1, 0.15) is 5.60 Å². The van der Waals surface area contributed by atoms with Crippen LogP contribution in [0.25, 0.3) is 0 Å². The Morgan fingerprint density at radius 1 is 1.57 bits per heavy atom. The van der Waals surface area contributed by atoms with Crippen LogP contribution in [0.3, 0.4) is 0 Å². The van der Waals surface area contributed by atoms with Crippen molar-refractivity contribution in [3.63, 3.8) is 0 Å². The van der Waals surface area contributed by atoms with Gasteiger partial charge >= 0.3 is 6.09 Å². The van der Waals surface area contributed by atoms with Crippen molar-refractivity contribution < 1.29 is 14.6 Å². The Bertz CT molecular complexity index is 208. The molecule has 0 radical (unpaired) electrons. The van der Waals surface area contributed by atoms with Crippen LogP contribution in [0, 0.1) is 0 Å². The summed E-state index contributed by atoms with van der Waals surface area (Å²) in [6.45, 7) is 10.4. The van der Waals surface area contributed by atoms with Crippen LogP contribution in [0.15, 0.2) is 12.7 Å². The molecule has 0 heterocycles. The van der Waals surface area contributed by atoms with E-state index in [9.17, 15) is 9.90 Å². The molecule has 0 bridgehead atoms. The SMILES string of the molecule is C=CC(O)C(C)NC(=O)OC(C)(C)C. The summed E-state index contributed by atoms with van der Waals surface area (Å²) in [5.41, 5.74) is -0.525. The number of carbonyl (C=O) groups is 1. The van der Waals surface area contributed by atoms with Crippen LogP contribution in [-0.2, 0) is 4.74 Å². The van der Waals surface area contributed by atoms with E-state index < -0.39 is 23.8 Å². The number of alkyl carbamates (subject to hydrolysis) is 1. The summed E-state index contributed by atoms with van der Waals surface area (Å²) >= 11 is 0. The molecule has 2 unspecified atom stereocenters. The first-order valence-corrected chi connectivity index (χ1v) is 4.56. The molecule has 82 valence electrons. The highest BCUT2D eigenvalue weighted by Crippen LogP contribution is 2.07. The zero-order valence-electron chi connectivity index (χ0n) is 9.20. The molecule has 0 saturated carbocycles. The minimum Gasteiger partial charge on any atom is -0.444 e. The van der Waals surface area contributed by atoms with Crippen LogP contribution in [-0.4, -0.2) is 28.9 Å². The molecule has 0 saturated heterocycles. The van der Waals surface area contributed by atoms with Crippen LogP contribution >= 0.6 is 0 Å². The molecular formula is C10H19NO3. The minimum absolute atomic E-state index is 0.401. The van der Waals surface area contributed by atoms with E-state index in [0.29, 0.717) is 0 Å². The summed E-state index contributed by atoms with van der Waals surface area (Å²) in [7, 11) is 0. The van der Waals surface area contributed by atoms with E-state index in [1.165, 1.54) is 6.08 Å². The lowest BCUT2D eigenvalue weighted by atomic mass is 10.2. The number of aliphatic hydroxyl groups excluding tert-OH is 1. The fourth-order valence-corrected chi connectivity index (χ4v) is 0.783. The largest absolute Gasteiger partial charge is 0.444 e. The summed E-state index contributed by atoms with van der Waals surface area (Å²) in [6, 6.07) is -0.401. The molecule has 1 amide bonds. The first-order chi connectivity index (χ1) is 6.26. The normalized spacial score (nSPS) is 15.5. The van der Waals surface area contributed by atoms with Gasteiger partial charge in [0.2, 0.25) is 0 Å². The van der Waals surface area contributed by atoms with Gasteiger partial charge in [0.15, 0.2) is 0 Å². The van der Waals surface area contributed by atoms with Gasteiger partial charge < -0.3 is 15.2 Å². The molecular weight excluding hydrogens is 182 g/mol. The van der Waals surface area contributed by atoms with E-state index >= 15 is 0 Å². The van der Waals surface area contributed by atoms with Gasteiger partial charge in [-0.1, -0.05) is 6.08 Å². The number of carbonyl (C=O) groups excluding carboxylic acids is 1. The highest BCUT2D eigenvalue weighted by atomic mass is 16.6. The zero-order chi connectivity index (χ0) is 11.4. The van der Waals surface area contributed by atoms with Gasteiger partial charge in [-0.05, 0) is 27.7 Å². The van der Waals surface area contributed by atoms with E-state index in [-0.39, 0.29) is 0 Å². The molecule has 0 aromatic carbocycles. The maximum atomic E-state index is 11.2. The van der Waals surface area contributed by atoms with Gasteiger partial charge in [0, 0.05) is 0 Å². The lowest BCUT2D eigenvalue weighted by Gasteiger charge is -2.23. The second-order valence-electron chi connectivity index (χ2n) is 4.16. The molecule has 0 aliphatic rings. The summed E-state index contributed by atoms with van der Waals surface area (Å²) in [4.78, 5) is 11.2. The van der Waals surface area contributed by atoms with E-state index in [2.05, 4.69) is 11.9 Å². The van der Waals surface area contributed by atoms with E-state index in [1.807, 2.05) is 0 Å². The Morgan fingerprint density at radius 3 is 2.43 bits per heavy atom. The molecule has 0 spiro atoms.